The summed E-state index contributed by atoms with van der Waals surface area (Å²) in [6.45, 7) is 8.04. The normalized spacial score (nSPS) is 26.4. The minimum atomic E-state index is -1.34. The second-order valence-corrected chi connectivity index (χ2v) is 10.9. The second-order valence-electron chi connectivity index (χ2n) is 8.99. The first-order valence-corrected chi connectivity index (χ1v) is 11.8. The molecule has 0 radical (unpaired) electrons. The van der Waals surface area contributed by atoms with Gasteiger partial charge in [0.05, 0.1) is 30.1 Å². The number of ether oxygens (including phenoxy) is 3. The van der Waals surface area contributed by atoms with Gasteiger partial charge in [-0.2, -0.15) is 4.40 Å². The molecule has 3 rings (SSSR count). The van der Waals surface area contributed by atoms with Crippen molar-refractivity contribution < 1.29 is 23.2 Å². The number of nitrogens with zero attached hydrogens (tertiary/aromatic N) is 1. The van der Waals surface area contributed by atoms with Crippen molar-refractivity contribution in [3.63, 3.8) is 0 Å². The van der Waals surface area contributed by atoms with E-state index in [9.17, 15) is 9.00 Å². The summed E-state index contributed by atoms with van der Waals surface area (Å²) in [6, 6.07) is 5.69. The van der Waals surface area contributed by atoms with Crippen molar-refractivity contribution in [3.05, 3.63) is 23.8 Å². The van der Waals surface area contributed by atoms with Gasteiger partial charge in [-0.1, -0.05) is 0 Å². The fraction of sp³-hybridized carbons (Fsp3) is 0.652. The number of hydrogen-bond donors (Lipinski definition) is 0. The number of methoxy groups -OCH3 is 1. The fourth-order valence-corrected chi connectivity index (χ4v) is 4.69. The van der Waals surface area contributed by atoms with E-state index in [1.807, 2.05) is 45.9 Å². The summed E-state index contributed by atoms with van der Waals surface area (Å²) in [5, 5.41) is 0. The van der Waals surface area contributed by atoms with Gasteiger partial charge < -0.3 is 14.2 Å². The van der Waals surface area contributed by atoms with Crippen LogP contribution < -0.4 is 9.47 Å². The summed E-state index contributed by atoms with van der Waals surface area (Å²) < 4.78 is 33.9. The van der Waals surface area contributed by atoms with E-state index in [0.29, 0.717) is 18.9 Å². The average Bonchev–Trinajstić information content (AvgIpc) is 2.72. The smallest absolute Gasteiger partial charge is 0.308 e. The van der Waals surface area contributed by atoms with Crippen LogP contribution >= 0.6 is 0 Å². The topological polar surface area (TPSA) is 74.2 Å². The zero-order valence-corrected chi connectivity index (χ0v) is 19.4. The molecule has 166 valence electrons. The maximum absolute atomic E-state index is 12.7. The van der Waals surface area contributed by atoms with E-state index >= 15 is 0 Å². The molecule has 0 saturated heterocycles. The minimum Gasteiger partial charge on any atom is -0.497 e. The number of fused-ring (bicyclic) bond motifs is 1. The molecule has 1 aromatic carbocycles. The predicted molar refractivity (Wildman–Crippen MR) is 119 cm³/mol. The lowest BCUT2D eigenvalue weighted by Crippen LogP contribution is -2.37. The number of esters is 1. The molecule has 30 heavy (non-hydrogen) atoms. The number of carbonyl (C=O) groups excluding carboxylic acids is 1. The van der Waals surface area contributed by atoms with Crippen molar-refractivity contribution in [1.29, 1.82) is 0 Å². The first-order valence-electron chi connectivity index (χ1n) is 10.7. The van der Waals surface area contributed by atoms with Gasteiger partial charge in [0.25, 0.3) is 0 Å². The standard InChI is InChI=1S/C23H33NO5S/c1-6-28-22(25)16-9-7-15(8-10-16)20-14-19(24-30(26)23(2,3)4)18-12-11-17(27-5)13-21(18)29-20/h11-13,15-16,20H,6-10,14H2,1-5H3/b24-19+/t15?,16?,20-,30+/m0/s1. The molecule has 1 aromatic rings. The Bertz CT molecular complexity index is 821. The van der Waals surface area contributed by atoms with Crippen LogP contribution in [0, 0.1) is 11.8 Å². The molecule has 1 aliphatic heterocycles. The second kappa shape index (κ2) is 9.50. The van der Waals surface area contributed by atoms with Gasteiger partial charge in [0.15, 0.2) is 0 Å². The highest BCUT2D eigenvalue weighted by atomic mass is 32.2. The maximum Gasteiger partial charge on any atom is 0.308 e. The summed E-state index contributed by atoms with van der Waals surface area (Å²) in [4.78, 5) is 12.1. The highest BCUT2D eigenvalue weighted by Gasteiger charge is 2.36. The lowest BCUT2D eigenvalue weighted by molar-refractivity contribution is -0.149. The highest BCUT2D eigenvalue weighted by Crippen LogP contribution is 2.39. The van der Waals surface area contributed by atoms with Crippen LogP contribution in [0.3, 0.4) is 0 Å². The van der Waals surface area contributed by atoms with E-state index < -0.39 is 15.7 Å². The van der Waals surface area contributed by atoms with Crippen LogP contribution in [0.4, 0.5) is 0 Å². The number of hydrogen-bond acceptors (Lipinski definition) is 5. The van der Waals surface area contributed by atoms with Crippen molar-refractivity contribution in [2.75, 3.05) is 13.7 Å². The molecule has 1 aliphatic carbocycles. The van der Waals surface area contributed by atoms with Gasteiger partial charge in [-0.05, 0) is 71.4 Å². The maximum atomic E-state index is 12.7. The van der Waals surface area contributed by atoms with Gasteiger partial charge in [0.1, 0.15) is 28.6 Å². The van der Waals surface area contributed by atoms with Crippen molar-refractivity contribution in [3.8, 4) is 11.5 Å². The lowest BCUT2D eigenvalue weighted by atomic mass is 9.77. The molecule has 1 fully saturated rings. The Morgan fingerprint density at radius 3 is 2.53 bits per heavy atom. The third kappa shape index (κ3) is 5.23. The molecule has 1 heterocycles. The molecule has 0 bridgehead atoms. The van der Waals surface area contributed by atoms with Crippen LogP contribution in [0.2, 0.25) is 0 Å². The molecule has 2 atom stereocenters. The van der Waals surface area contributed by atoms with Crippen molar-refractivity contribution in [1.82, 2.24) is 0 Å². The summed E-state index contributed by atoms with van der Waals surface area (Å²) in [6.07, 6.45) is 4.01. The Balaban J connectivity index is 1.81. The van der Waals surface area contributed by atoms with Gasteiger partial charge in [0, 0.05) is 18.1 Å². The molecule has 6 nitrogen and oxygen atoms in total. The van der Waals surface area contributed by atoms with E-state index in [1.54, 1.807) is 7.11 Å². The third-order valence-electron chi connectivity index (χ3n) is 5.81. The fourth-order valence-electron chi connectivity index (χ4n) is 4.04. The van der Waals surface area contributed by atoms with Crippen LogP contribution in [0.1, 0.15) is 65.4 Å². The lowest BCUT2D eigenvalue weighted by Gasteiger charge is -2.36. The minimum absolute atomic E-state index is 0.0151. The molecule has 0 spiro atoms. The Labute approximate surface area is 182 Å². The Morgan fingerprint density at radius 1 is 1.23 bits per heavy atom. The molecular weight excluding hydrogens is 402 g/mol. The Kier molecular flexibility index (Phi) is 7.22. The van der Waals surface area contributed by atoms with E-state index in [1.165, 1.54) is 0 Å². The van der Waals surface area contributed by atoms with Crippen molar-refractivity contribution in [2.45, 2.75) is 70.7 Å². The quantitative estimate of drug-likeness (QED) is 0.638. The zero-order valence-electron chi connectivity index (χ0n) is 18.6. The molecule has 2 aliphatic rings. The van der Waals surface area contributed by atoms with E-state index in [0.717, 1.165) is 48.5 Å². The van der Waals surface area contributed by atoms with Gasteiger partial charge in [0.2, 0.25) is 0 Å². The average molecular weight is 436 g/mol. The van der Waals surface area contributed by atoms with Crippen LogP contribution in [-0.2, 0) is 20.5 Å². The van der Waals surface area contributed by atoms with Gasteiger partial charge in [-0.3, -0.25) is 4.79 Å². The molecule has 0 N–H and O–H groups in total. The van der Waals surface area contributed by atoms with Gasteiger partial charge in [-0.25, -0.2) is 4.21 Å². The summed E-state index contributed by atoms with van der Waals surface area (Å²) in [5.41, 5.74) is 1.70. The third-order valence-corrected chi connectivity index (χ3v) is 7.24. The number of benzene rings is 1. The first kappa shape index (κ1) is 22.8. The first-order chi connectivity index (χ1) is 14.2. The van der Waals surface area contributed by atoms with Crippen LogP contribution in [0.15, 0.2) is 22.6 Å². The molecular formula is C23H33NO5S. The van der Waals surface area contributed by atoms with Crippen molar-refractivity contribution >= 4 is 22.7 Å². The largest absolute Gasteiger partial charge is 0.497 e. The van der Waals surface area contributed by atoms with Crippen molar-refractivity contribution in [2.24, 2.45) is 16.2 Å². The van der Waals surface area contributed by atoms with Crippen LogP contribution in [0.5, 0.6) is 11.5 Å². The predicted octanol–water partition coefficient (Wildman–Crippen LogP) is 4.47. The SMILES string of the molecule is CCOC(=O)C1CCC([C@@H]2C/C(=N\[S@](=O)C(C)(C)C)c3ccc(OC)cc3O2)CC1. The number of rotatable bonds is 5. The van der Waals surface area contributed by atoms with Gasteiger partial charge in [-0.15, -0.1) is 0 Å². The van der Waals surface area contributed by atoms with E-state index in [2.05, 4.69) is 4.40 Å². The molecule has 0 amide bonds. The van der Waals surface area contributed by atoms with Crippen LogP contribution in [-0.4, -0.2) is 40.5 Å². The van der Waals surface area contributed by atoms with Gasteiger partial charge >= 0.3 is 5.97 Å². The van der Waals surface area contributed by atoms with E-state index in [4.69, 9.17) is 14.2 Å². The number of carbonyl (C=O) groups is 1. The molecule has 7 heteroatoms. The zero-order chi connectivity index (χ0) is 21.9. The van der Waals surface area contributed by atoms with Crippen LogP contribution in [0.25, 0.3) is 0 Å². The Morgan fingerprint density at radius 2 is 1.93 bits per heavy atom. The Hall–Kier alpha value is -1.89. The summed E-state index contributed by atoms with van der Waals surface area (Å²) >= 11 is 0. The summed E-state index contributed by atoms with van der Waals surface area (Å²) in [7, 11) is 0.284. The highest BCUT2D eigenvalue weighted by molar-refractivity contribution is 7.85. The summed E-state index contributed by atoms with van der Waals surface area (Å²) in [5.74, 6) is 1.67. The molecule has 0 unspecified atom stereocenters. The monoisotopic (exact) mass is 435 g/mol. The molecule has 0 aromatic heterocycles. The molecule has 1 saturated carbocycles. The van der Waals surface area contributed by atoms with E-state index in [-0.39, 0.29) is 18.0 Å².